The topological polar surface area (TPSA) is 29.9 Å². The van der Waals surface area contributed by atoms with Crippen LogP contribution >= 0.6 is 0 Å². The van der Waals surface area contributed by atoms with Crippen LogP contribution in [0.25, 0.3) is 11.0 Å². The van der Waals surface area contributed by atoms with Crippen molar-refractivity contribution in [1.29, 1.82) is 0 Å². The van der Waals surface area contributed by atoms with Crippen molar-refractivity contribution in [3.63, 3.8) is 0 Å². The normalized spacial score (nSPS) is 27.3. The lowest BCUT2D eigenvalue weighted by atomic mass is 9.97. The maximum Gasteiger partial charge on any atom is 0.125 e. The Kier molecular flexibility index (Phi) is 2.42. The minimum atomic E-state index is -0.168. The van der Waals surface area contributed by atoms with Gasteiger partial charge in [-0.05, 0) is 43.5 Å². The van der Waals surface area contributed by atoms with Gasteiger partial charge in [0, 0.05) is 18.5 Å². The number of hydrogen-bond donors (Lipinski definition) is 1. The number of fused-ring (bicyclic) bond motifs is 1. The molecule has 0 amide bonds. The van der Waals surface area contributed by atoms with E-state index in [1.807, 2.05) is 0 Å². The standard InChI is InChI=1S/C15H18FN3/c1-9-7-17-8-12(9)15-18-13-5-2-10(16)6-14(13)19(15)11-3-4-11/h2,5-6,9,11-12,17H,3-4,7-8H2,1H3/t9-,12-/m1/s1. The van der Waals surface area contributed by atoms with Gasteiger partial charge in [0.05, 0.1) is 11.0 Å². The first-order valence-electron chi connectivity index (χ1n) is 7.12. The Bertz CT molecular complexity index is 630. The molecule has 1 N–H and O–H groups in total. The van der Waals surface area contributed by atoms with Crippen LogP contribution in [0.1, 0.15) is 37.5 Å². The van der Waals surface area contributed by atoms with E-state index in [9.17, 15) is 4.39 Å². The van der Waals surface area contributed by atoms with E-state index in [1.165, 1.54) is 18.9 Å². The zero-order chi connectivity index (χ0) is 13.0. The van der Waals surface area contributed by atoms with E-state index in [-0.39, 0.29) is 5.82 Å². The molecule has 2 fully saturated rings. The summed E-state index contributed by atoms with van der Waals surface area (Å²) in [5, 5.41) is 3.44. The van der Waals surface area contributed by atoms with Gasteiger partial charge in [-0.1, -0.05) is 6.92 Å². The van der Waals surface area contributed by atoms with E-state index in [2.05, 4.69) is 16.8 Å². The fourth-order valence-corrected chi connectivity index (χ4v) is 3.22. The van der Waals surface area contributed by atoms with Gasteiger partial charge in [0.25, 0.3) is 0 Å². The van der Waals surface area contributed by atoms with Gasteiger partial charge in [0.1, 0.15) is 11.6 Å². The highest BCUT2D eigenvalue weighted by molar-refractivity contribution is 5.76. The van der Waals surface area contributed by atoms with Crippen molar-refractivity contribution in [2.45, 2.75) is 31.7 Å². The number of nitrogens with zero attached hydrogens (tertiary/aromatic N) is 2. The first kappa shape index (κ1) is 11.4. The summed E-state index contributed by atoms with van der Waals surface area (Å²) in [4.78, 5) is 4.80. The Labute approximate surface area is 111 Å². The Morgan fingerprint density at radius 3 is 2.84 bits per heavy atom. The highest BCUT2D eigenvalue weighted by Crippen LogP contribution is 2.41. The lowest BCUT2D eigenvalue weighted by Gasteiger charge is -2.16. The summed E-state index contributed by atoms with van der Waals surface area (Å²) in [6.45, 7) is 4.30. The summed E-state index contributed by atoms with van der Waals surface area (Å²) in [7, 11) is 0. The molecule has 1 aliphatic carbocycles. The number of nitrogens with one attached hydrogen (secondary N) is 1. The summed E-state index contributed by atoms with van der Waals surface area (Å²) >= 11 is 0. The van der Waals surface area contributed by atoms with Crippen LogP contribution in [0, 0.1) is 11.7 Å². The van der Waals surface area contributed by atoms with Crippen molar-refractivity contribution < 1.29 is 4.39 Å². The second kappa shape index (κ2) is 4.04. The zero-order valence-electron chi connectivity index (χ0n) is 11.1. The van der Waals surface area contributed by atoms with Crippen LogP contribution in [0.2, 0.25) is 0 Å². The lowest BCUT2D eigenvalue weighted by Crippen LogP contribution is -2.14. The smallest absolute Gasteiger partial charge is 0.125 e. The lowest BCUT2D eigenvalue weighted by molar-refractivity contribution is 0.519. The average molecular weight is 259 g/mol. The molecule has 19 heavy (non-hydrogen) atoms. The molecule has 2 heterocycles. The summed E-state index contributed by atoms with van der Waals surface area (Å²) in [6.07, 6.45) is 2.40. The van der Waals surface area contributed by atoms with Crippen molar-refractivity contribution in [2.24, 2.45) is 5.92 Å². The number of imidazole rings is 1. The molecule has 4 rings (SSSR count). The monoisotopic (exact) mass is 259 g/mol. The summed E-state index contributed by atoms with van der Waals surface area (Å²) < 4.78 is 15.8. The third kappa shape index (κ3) is 1.77. The van der Waals surface area contributed by atoms with Gasteiger partial charge in [0.2, 0.25) is 0 Å². The molecule has 2 aliphatic rings. The van der Waals surface area contributed by atoms with Crippen molar-refractivity contribution in [3.8, 4) is 0 Å². The molecule has 1 saturated heterocycles. The zero-order valence-corrected chi connectivity index (χ0v) is 11.1. The Morgan fingerprint density at radius 1 is 1.32 bits per heavy atom. The molecule has 0 radical (unpaired) electrons. The van der Waals surface area contributed by atoms with E-state index in [0.717, 1.165) is 29.9 Å². The second-order valence-corrected chi connectivity index (χ2v) is 5.95. The average Bonchev–Trinajstić information content (AvgIpc) is 3.03. The fraction of sp³-hybridized carbons (Fsp3) is 0.533. The van der Waals surface area contributed by atoms with Crippen LogP contribution in [0.5, 0.6) is 0 Å². The van der Waals surface area contributed by atoms with E-state index in [1.54, 1.807) is 12.1 Å². The highest BCUT2D eigenvalue weighted by atomic mass is 19.1. The van der Waals surface area contributed by atoms with Crippen LogP contribution in [-0.4, -0.2) is 22.6 Å². The van der Waals surface area contributed by atoms with Gasteiger partial charge >= 0.3 is 0 Å². The number of hydrogen-bond acceptors (Lipinski definition) is 2. The van der Waals surface area contributed by atoms with Crippen LogP contribution in [0.3, 0.4) is 0 Å². The first-order chi connectivity index (χ1) is 9.24. The fourth-order valence-electron chi connectivity index (χ4n) is 3.22. The van der Waals surface area contributed by atoms with E-state index >= 15 is 0 Å². The van der Waals surface area contributed by atoms with E-state index < -0.39 is 0 Å². The van der Waals surface area contributed by atoms with Gasteiger partial charge in [-0.25, -0.2) is 9.37 Å². The molecule has 1 aromatic carbocycles. The molecular formula is C15H18FN3. The van der Waals surface area contributed by atoms with Crippen molar-refractivity contribution in [2.75, 3.05) is 13.1 Å². The Hall–Kier alpha value is -1.42. The van der Waals surface area contributed by atoms with Crippen LogP contribution in [-0.2, 0) is 0 Å². The Morgan fingerprint density at radius 2 is 2.16 bits per heavy atom. The van der Waals surface area contributed by atoms with Gasteiger partial charge < -0.3 is 9.88 Å². The van der Waals surface area contributed by atoms with Crippen molar-refractivity contribution in [3.05, 3.63) is 29.8 Å². The quantitative estimate of drug-likeness (QED) is 0.898. The minimum Gasteiger partial charge on any atom is -0.324 e. The number of rotatable bonds is 2. The SMILES string of the molecule is C[C@@H]1CNC[C@H]1c1nc2ccc(F)cc2n1C1CC1. The molecule has 1 aliphatic heterocycles. The molecule has 3 nitrogen and oxygen atoms in total. The van der Waals surface area contributed by atoms with Crippen molar-refractivity contribution >= 4 is 11.0 Å². The third-order valence-corrected chi connectivity index (χ3v) is 4.44. The number of aromatic nitrogens is 2. The molecule has 100 valence electrons. The van der Waals surface area contributed by atoms with Crippen LogP contribution < -0.4 is 5.32 Å². The number of halogens is 1. The van der Waals surface area contributed by atoms with Crippen LogP contribution in [0.4, 0.5) is 4.39 Å². The predicted octanol–water partition coefficient (Wildman–Crippen LogP) is 2.83. The summed E-state index contributed by atoms with van der Waals surface area (Å²) in [6, 6.07) is 5.49. The number of benzene rings is 1. The molecular weight excluding hydrogens is 241 g/mol. The largest absolute Gasteiger partial charge is 0.324 e. The van der Waals surface area contributed by atoms with E-state index in [0.29, 0.717) is 17.9 Å². The van der Waals surface area contributed by atoms with Crippen molar-refractivity contribution in [1.82, 2.24) is 14.9 Å². The molecule has 2 atom stereocenters. The Balaban J connectivity index is 1.91. The molecule has 2 aromatic rings. The van der Waals surface area contributed by atoms with Gasteiger partial charge in [-0.3, -0.25) is 0 Å². The van der Waals surface area contributed by atoms with Gasteiger partial charge in [-0.15, -0.1) is 0 Å². The molecule has 1 saturated carbocycles. The molecule has 4 heteroatoms. The maximum absolute atomic E-state index is 13.5. The molecule has 1 aromatic heterocycles. The second-order valence-electron chi connectivity index (χ2n) is 5.95. The van der Waals surface area contributed by atoms with Gasteiger partial charge in [-0.2, -0.15) is 0 Å². The summed E-state index contributed by atoms with van der Waals surface area (Å²) in [5.41, 5.74) is 1.90. The van der Waals surface area contributed by atoms with Gasteiger partial charge in [0.15, 0.2) is 0 Å². The first-order valence-corrected chi connectivity index (χ1v) is 7.12. The minimum absolute atomic E-state index is 0.168. The van der Waals surface area contributed by atoms with Crippen LogP contribution in [0.15, 0.2) is 18.2 Å². The predicted molar refractivity (Wildman–Crippen MR) is 72.7 cm³/mol. The molecule has 0 bridgehead atoms. The maximum atomic E-state index is 13.5. The third-order valence-electron chi connectivity index (χ3n) is 4.44. The van der Waals surface area contributed by atoms with E-state index in [4.69, 9.17) is 4.98 Å². The molecule has 0 unspecified atom stereocenters. The highest BCUT2D eigenvalue weighted by Gasteiger charge is 2.34. The molecule has 0 spiro atoms. The summed E-state index contributed by atoms with van der Waals surface area (Å²) in [5.74, 6) is 2.04.